The highest BCUT2D eigenvalue weighted by molar-refractivity contribution is 7.80. The Morgan fingerprint density at radius 2 is 2.00 bits per heavy atom. The Morgan fingerprint density at radius 1 is 1.29 bits per heavy atom. The fraction of sp³-hybridized carbons (Fsp3) is 0.333. The fourth-order valence-corrected chi connectivity index (χ4v) is 2.18. The summed E-state index contributed by atoms with van der Waals surface area (Å²) in [6.07, 6.45) is 0. The van der Waals surface area contributed by atoms with Gasteiger partial charge in [-0.3, -0.25) is 4.68 Å². The third-order valence-corrected chi connectivity index (χ3v) is 3.31. The standard InChI is InChI=1S/C15H19N3O2S/c1-4-18-12(5-10(2)17-18)9-20-14-7-11(15(16)21)6-13(8-14)19-3/h5-8H,4,9H2,1-3H3,(H2,16,21). The lowest BCUT2D eigenvalue weighted by molar-refractivity contribution is 0.290. The molecule has 2 N–H and O–H groups in total. The van der Waals surface area contributed by atoms with E-state index in [1.165, 1.54) is 0 Å². The van der Waals surface area contributed by atoms with Gasteiger partial charge in [0, 0.05) is 18.2 Å². The number of rotatable bonds is 6. The van der Waals surface area contributed by atoms with Gasteiger partial charge in [0.15, 0.2) is 0 Å². The van der Waals surface area contributed by atoms with Gasteiger partial charge >= 0.3 is 0 Å². The lowest BCUT2D eigenvalue weighted by atomic mass is 10.2. The molecule has 0 aliphatic rings. The molecule has 0 aliphatic carbocycles. The highest BCUT2D eigenvalue weighted by Crippen LogP contribution is 2.23. The first kappa shape index (κ1) is 15.3. The van der Waals surface area contributed by atoms with Crippen molar-refractivity contribution in [3.8, 4) is 11.5 Å². The van der Waals surface area contributed by atoms with E-state index in [-0.39, 0.29) is 0 Å². The van der Waals surface area contributed by atoms with Crippen LogP contribution in [0.3, 0.4) is 0 Å². The molecule has 6 heteroatoms. The monoisotopic (exact) mass is 305 g/mol. The first-order valence-electron chi connectivity index (χ1n) is 6.68. The van der Waals surface area contributed by atoms with Crippen molar-refractivity contribution in [2.75, 3.05) is 7.11 Å². The summed E-state index contributed by atoms with van der Waals surface area (Å²) in [4.78, 5) is 0.313. The summed E-state index contributed by atoms with van der Waals surface area (Å²) >= 11 is 5.00. The Morgan fingerprint density at radius 3 is 2.62 bits per heavy atom. The Hall–Kier alpha value is -2.08. The van der Waals surface area contributed by atoms with E-state index in [0.717, 1.165) is 23.5 Å². The van der Waals surface area contributed by atoms with Crippen molar-refractivity contribution in [2.24, 2.45) is 5.73 Å². The Kier molecular flexibility index (Phi) is 4.80. The number of methoxy groups -OCH3 is 1. The van der Waals surface area contributed by atoms with Gasteiger partial charge in [-0.2, -0.15) is 5.10 Å². The van der Waals surface area contributed by atoms with E-state index >= 15 is 0 Å². The average molecular weight is 305 g/mol. The second-order valence-electron chi connectivity index (χ2n) is 4.64. The summed E-state index contributed by atoms with van der Waals surface area (Å²) in [5, 5.41) is 4.39. The minimum Gasteiger partial charge on any atom is -0.497 e. The van der Waals surface area contributed by atoms with Crippen LogP contribution < -0.4 is 15.2 Å². The summed E-state index contributed by atoms with van der Waals surface area (Å²) in [6, 6.07) is 7.42. The fourth-order valence-electron chi connectivity index (χ4n) is 2.06. The van der Waals surface area contributed by atoms with Crippen LogP contribution in [0.1, 0.15) is 23.9 Å². The number of hydrogen-bond donors (Lipinski definition) is 1. The van der Waals surface area contributed by atoms with E-state index in [1.807, 2.05) is 30.7 Å². The van der Waals surface area contributed by atoms with E-state index in [0.29, 0.717) is 23.1 Å². The molecule has 2 rings (SSSR count). The molecule has 1 aromatic carbocycles. The van der Waals surface area contributed by atoms with E-state index < -0.39 is 0 Å². The third kappa shape index (κ3) is 3.72. The van der Waals surface area contributed by atoms with E-state index in [9.17, 15) is 0 Å². The molecule has 0 saturated heterocycles. The van der Waals surface area contributed by atoms with Crippen molar-refractivity contribution in [2.45, 2.75) is 27.0 Å². The van der Waals surface area contributed by atoms with Gasteiger partial charge in [0.1, 0.15) is 23.1 Å². The van der Waals surface area contributed by atoms with E-state index in [2.05, 4.69) is 5.10 Å². The first-order chi connectivity index (χ1) is 10.0. The number of hydrogen-bond acceptors (Lipinski definition) is 4. The molecule has 1 aromatic heterocycles. The lowest BCUT2D eigenvalue weighted by Gasteiger charge is -2.11. The highest BCUT2D eigenvalue weighted by Gasteiger charge is 2.08. The number of aromatic nitrogens is 2. The maximum Gasteiger partial charge on any atom is 0.130 e. The second kappa shape index (κ2) is 6.58. The van der Waals surface area contributed by atoms with Crippen LogP contribution in [-0.2, 0) is 13.2 Å². The molecule has 0 fully saturated rings. The topological polar surface area (TPSA) is 62.3 Å². The Balaban J connectivity index is 2.19. The van der Waals surface area contributed by atoms with Crippen LogP contribution in [0, 0.1) is 6.92 Å². The van der Waals surface area contributed by atoms with Gasteiger partial charge in [-0.15, -0.1) is 0 Å². The molecular formula is C15H19N3O2S. The molecule has 2 aromatic rings. The average Bonchev–Trinajstić information content (AvgIpc) is 2.84. The van der Waals surface area contributed by atoms with Crippen molar-refractivity contribution in [3.63, 3.8) is 0 Å². The molecule has 0 radical (unpaired) electrons. The SMILES string of the molecule is CCn1nc(C)cc1COc1cc(OC)cc(C(N)=S)c1. The summed E-state index contributed by atoms with van der Waals surface area (Å²) in [7, 11) is 1.60. The molecule has 1 heterocycles. The van der Waals surface area contributed by atoms with Crippen molar-refractivity contribution in [3.05, 3.63) is 41.2 Å². The van der Waals surface area contributed by atoms with Crippen LogP contribution in [0.5, 0.6) is 11.5 Å². The molecule has 5 nitrogen and oxygen atoms in total. The Bertz CT molecular complexity index is 652. The molecule has 21 heavy (non-hydrogen) atoms. The number of benzene rings is 1. The van der Waals surface area contributed by atoms with E-state index in [4.69, 9.17) is 27.4 Å². The number of nitrogens with two attached hydrogens (primary N) is 1. The number of aryl methyl sites for hydroxylation is 2. The molecule has 0 amide bonds. The molecule has 112 valence electrons. The predicted molar refractivity (Wildman–Crippen MR) is 85.9 cm³/mol. The third-order valence-electron chi connectivity index (χ3n) is 3.07. The van der Waals surface area contributed by atoms with Gasteiger partial charge in [-0.25, -0.2) is 0 Å². The minimum absolute atomic E-state index is 0.313. The minimum atomic E-state index is 0.313. The number of ether oxygens (including phenoxy) is 2. The van der Waals surface area contributed by atoms with Crippen LogP contribution in [0.15, 0.2) is 24.3 Å². The summed E-state index contributed by atoms with van der Waals surface area (Å²) in [6.45, 7) is 5.25. The largest absolute Gasteiger partial charge is 0.497 e. The van der Waals surface area contributed by atoms with Gasteiger partial charge in [0.25, 0.3) is 0 Å². The van der Waals surface area contributed by atoms with Crippen LogP contribution in [-0.4, -0.2) is 21.9 Å². The molecule has 0 aliphatic heterocycles. The molecule has 0 unspecified atom stereocenters. The second-order valence-corrected chi connectivity index (χ2v) is 5.08. The van der Waals surface area contributed by atoms with Gasteiger partial charge in [0.2, 0.25) is 0 Å². The van der Waals surface area contributed by atoms with Crippen LogP contribution >= 0.6 is 12.2 Å². The predicted octanol–water partition coefficient (Wildman–Crippen LogP) is 2.43. The van der Waals surface area contributed by atoms with Gasteiger partial charge in [0.05, 0.1) is 18.5 Å². The quantitative estimate of drug-likeness (QED) is 0.831. The maximum atomic E-state index is 5.83. The van der Waals surface area contributed by atoms with Gasteiger partial charge in [-0.05, 0) is 32.0 Å². The van der Waals surface area contributed by atoms with Gasteiger partial charge in [-0.1, -0.05) is 12.2 Å². The Labute approximate surface area is 129 Å². The first-order valence-corrected chi connectivity index (χ1v) is 7.09. The molecule has 0 spiro atoms. The van der Waals surface area contributed by atoms with Crippen molar-refractivity contribution in [1.82, 2.24) is 9.78 Å². The summed E-state index contributed by atoms with van der Waals surface area (Å²) < 4.78 is 13.0. The van der Waals surface area contributed by atoms with Crippen molar-refractivity contribution >= 4 is 17.2 Å². The molecule has 0 atom stereocenters. The van der Waals surface area contributed by atoms with Crippen molar-refractivity contribution < 1.29 is 9.47 Å². The summed E-state index contributed by atoms with van der Waals surface area (Å²) in [5.74, 6) is 1.33. The molecular weight excluding hydrogens is 286 g/mol. The zero-order chi connectivity index (χ0) is 15.4. The van der Waals surface area contributed by atoms with Crippen LogP contribution in [0.2, 0.25) is 0 Å². The smallest absolute Gasteiger partial charge is 0.130 e. The number of nitrogens with zero attached hydrogens (tertiary/aromatic N) is 2. The van der Waals surface area contributed by atoms with Crippen LogP contribution in [0.4, 0.5) is 0 Å². The maximum absolute atomic E-state index is 5.83. The zero-order valence-electron chi connectivity index (χ0n) is 12.4. The molecule has 0 saturated carbocycles. The number of thiocarbonyl (C=S) groups is 1. The normalized spacial score (nSPS) is 10.4. The zero-order valence-corrected chi connectivity index (χ0v) is 13.2. The van der Waals surface area contributed by atoms with E-state index in [1.54, 1.807) is 19.2 Å². The van der Waals surface area contributed by atoms with Gasteiger partial charge < -0.3 is 15.2 Å². The summed E-state index contributed by atoms with van der Waals surface area (Å²) in [5.41, 5.74) is 8.39. The van der Waals surface area contributed by atoms with Crippen LogP contribution in [0.25, 0.3) is 0 Å². The lowest BCUT2D eigenvalue weighted by Crippen LogP contribution is -2.10. The van der Waals surface area contributed by atoms with Crippen molar-refractivity contribution in [1.29, 1.82) is 0 Å². The highest BCUT2D eigenvalue weighted by atomic mass is 32.1. The molecule has 0 bridgehead atoms.